The topological polar surface area (TPSA) is 17.3 Å². The number of benzene rings is 10. The number of fused-ring (bicyclic) bond motifs is 19. The molecule has 2 nitrogen and oxygen atoms in total. The van der Waals surface area contributed by atoms with Crippen LogP contribution in [0.3, 0.4) is 0 Å². The van der Waals surface area contributed by atoms with E-state index in [-0.39, 0.29) is 5.41 Å². The minimum absolute atomic E-state index is 0.306. The summed E-state index contributed by atoms with van der Waals surface area (Å²) in [4.78, 5) is 6.13. The Kier molecular flexibility index (Phi) is 6.04. The predicted octanol–water partition coefficient (Wildman–Crippen LogP) is 15.0. The van der Waals surface area contributed by atoms with Crippen LogP contribution in [0, 0.1) is 5.92 Å². The van der Waals surface area contributed by atoms with Gasteiger partial charge >= 0.3 is 0 Å². The van der Waals surface area contributed by atoms with E-state index in [2.05, 4.69) is 180 Å². The quantitative estimate of drug-likeness (QED) is 0.149. The van der Waals surface area contributed by atoms with Crippen LogP contribution >= 0.6 is 11.3 Å². The highest BCUT2D eigenvalue weighted by Gasteiger charge is 2.61. The lowest BCUT2D eigenvalue weighted by Gasteiger charge is -2.24. The lowest BCUT2D eigenvalue weighted by atomic mass is 9.86. The molecule has 1 aliphatic heterocycles. The zero-order chi connectivity index (χ0) is 37.7. The van der Waals surface area contributed by atoms with Gasteiger partial charge in [-0.3, -0.25) is 4.57 Å². The van der Waals surface area contributed by atoms with Crippen molar-refractivity contribution in [1.82, 2.24) is 4.57 Å². The van der Waals surface area contributed by atoms with Gasteiger partial charge in [0.25, 0.3) is 0 Å². The second-order valence-electron chi connectivity index (χ2n) is 16.6. The van der Waals surface area contributed by atoms with E-state index in [1.165, 1.54) is 107 Å². The molecule has 1 aliphatic carbocycles. The molecular weight excluding hydrogens is 721 g/mol. The first-order valence-electron chi connectivity index (χ1n) is 20.5. The average Bonchev–Trinajstić information content (AvgIpc) is 3.75. The lowest BCUT2D eigenvalue weighted by Crippen LogP contribution is -2.30. The first-order chi connectivity index (χ1) is 28.8. The highest BCUT2D eigenvalue weighted by Crippen LogP contribution is 2.63. The Morgan fingerprint density at radius 2 is 1.07 bits per heavy atom. The maximum Gasteiger partial charge on any atom is 0.125 e. The van der Waals surface area contributed by atoms with E-state index in [0.717, 1.165) is 24.4 Å². The molecule has 2 atom stereocenters. The van der Waals surface area contributed by atoms with E-state index in [4.69, 9.17) is 4.99 Å². The zero-order valence-corrected chi connectivity index (χ0v) is 32.4. The van der Waals surface area contributed by atoms with E-state index in [9.17, 15) is 0 Å². The predicted molar refractivity (Wildman–Crippen MR) is 249 cm³/mol. The molecule has 3 heterocycles. The lowest BCUT2D eigenvalue weighted by molar-refractivity contribution is 0.740. The summed E-state index contributed by atoms with van der Waals surface area (Å²) >= 11 is 1.91. The number of thiophene rings is 1. The Morgan fingerprint density at radius 1 is 0.466 bits per heavy atom. The maximum atomic E-state index is 6.13. The summed E-state index contributed by atoms with van der Waals surface area (Å²) in [6, 6.07) is 66.0. The SMILES string of the molecule is c1ccc2c3c(ccc2c1)CC1CC1(c1cccc2sc4ccccc4c12)C(n1c2ccc4c5ccccc5c5ccccc5c4c2c2ccc4ccccc4c21)=N3. The third kappa shape index (κ3) is 3.94. The number of aromatic nitrogens is 1. The van der Waals surface area contributed by atoms with E-state index in [1.54, 1.807) is 0 Å². The van der Waals surface area contributed by atoms with Crippen LogP contribution in [0.15, 0.2) is 181 Å². The van der Waals surface area contributed by atoms with E-state index in [1.807, 2.05) is 11.3 Å². The van der Waals surface area contributed by atoms with Crippen molar-refractivity contribution in [3.8, 4) is 0 Å². The fourth-order valence-electron chi connectivity index (χ4n) is 11.2. The minimum Gasteiger partial charge on any atom is -0.296 e. The molecule has 0 N–H and O–H groups in total. The van der Waals surface area contributed by atoms with Crippen molar-refractivity contribution in [3.63, 3.8) is 0 Å². The second-order valence-corrected chi connectivity index (χ2v) is 17.7. The van der Waals surface area contributed by atoms with Crippen LogP contribution in [0.1, 0.15) is 17.5 Å². The normalized spacial score (nSPS) is 17.9. The van der Waals surface area contributed by atoms with Gasteiger partial charge in [0, 0.05) is 47.1 Å². The monoisotopic (exact) mass is 754 g/mol. The van der Waals surface area contributed by atoms with E-state index >= 15 is 0 Å². The number of rotatable bonds is 1. The van der Waals surface area contributed by atoms with Gasteiger partial charge in [-0.05, 0) is 85.8 Å². The molecular formula is C55H34N2S. The van der Waals surface area contributed by atoms with Crippen molar-refractivity contribution < 1.29 is 0 Å². The van der Waals surface area contributed by atoms with Crippen molar-refractivity contribution in [2.45, 2.75) is 18.3 Å². The van der Waals surface area contributed by atoms with Crippen LogP contribution in [0.25, 0.3) is 95.8 Å². The Morgan fingerprint density at radius 3 is 1.88 bits per heavy atom. The molecule has 2 aliphatic rings. The maximum absolute atomic E-state index is 6.13. The summed E-state index contributed by atoms with van der Waals surface area (Å²) in [7, 11) is 0. The average molecular weight is 755 g/mol. The van der Waals surface area contributed by atoms with Gasteiger partial charge in [-0.2, -0.15) is 0 Å². The van der Waals surface area contributed by atoms with Crippen molar-refractivity contribution in [3.05, 3.63) is 187 Å². The third-order valence-corrected chi connectivity index (χ3v) is 14.9. The minimum atomic E-state index is -0.306. The Balaban J connectivity index is 1.22. The zero-order valence-electron chi connectivity index (χ0n) is 31.5. The van der Waals surface area contributed by atoms with E-state index < -0.39 is 0 Å². The Bertz CT molecular complexity index is 3790. The molecule has 0 saturated heterocycles. The van der Waals surface area contributed by atoms with Crippen molar-refractivity contribution >= 4 is 119 Å². The summed E-state index contributed by atoms with van der Waals surface area (Å²) in [5.41, 5.74) is 6.03. The van der Waals surface area contributed by atoms with Crippen LogP contribution in [0.2, 0.25) is 0 Å². The van der Waals surface area contributed by atoms with Crippen molar-refractivity contribution in [1.29, 1.82) is 0 Å². The van der Waals surface area contributed by atoms with Gasteiger partial charge in [-0.1, -0.05) is 158 Å². The second kappa shape index (κ2) is 11.2. The number of nitrogens with zero attached hydrogens (tertiary/aromatic N) is 2. The summed E-state index contributed by atoms with van der Waals surface area (Å²) in [5.74, 6) is 1.54. The molecule has 0 spiro atoms. The smallest absolute Gasteiger partial charge is 0.125 e. The molecule has 1 saturated carbocycles. The molecule has 0 bridgehead atoms. The highest BCUT2D eigenvalue weighted by atomic mass is 32.1. The molecule has 0 radical (unpaired) electrons. The fourth-order valence-corrected chi connectivity index (χ4v) is 12.4. The summed E-state index contributed by atoms with van der Waals surface area (Å²) in [6.07, 6.45) is 2.04. The van der Waals surface area contributed by atoms with Crippen molar-refractivity contribution in [2.24, 2.45) is 10.9 Å². The van der Waals surface area contributed by atoms with E-state index in [0.29, 0.717) is 5.92 Å². The fraction of sp³-hybridized carbons (Fsp3) is 0.0727. The molecule has 10 aromatic carbocycles. The van der Waals surface area contributed by atoms with Gasteiger partial charge in [0.2, 0.25) is 0 Å². The van der Waals surface area contributed by atoms with Gasteiger partial charge in [-0.15, -0.1) is 11.3 Å². The van der Waals surface area contributed by atoms with Gasteiger partial charge in [-0.25, -0.2) is 4.99 Å². The standard InChI is InChI=1S/C55H34N2S/c1-3-14-36-32(12-1)24-25-34-30-35-31-55(35,45-21-11-23-48-50(45)43-20-9-10-22-47(43)58-48)54(56-52(34)36)57-46-29-28-42-40-18-6-5-16-38(40)39-17-7-8-19-41(39)49(42)51(46)44-27-26-33-13-2-4-15-37(33)53(44)57/h1-29,35H,30-31H2. The molecule has 58 heavy (non-hydrogen) atoms. The van der Waals surface area contributed by atoms with Gasteiger partial charge in [0.1, 0.15) is 5.84 Å². The number of aliphatic imine (C=N–C) groups is 1. The van der Waals surface area contributed by atoms with Crippen LogP contribution < -0.4 is 0 Å². The summed E-state index contributed by atoms with van der Waals surface area (Å²) in [5, 5.41) is 18.1. The molecule has 1 fully saturated rings. The largest absolute Gasteiger partial charge is 0.296 e. The Labute approximate surface area is 337 Å². The van der Waals surface area contributed by atoms with Crippen LogP contribution in [-0.4, -0.2) is 10.4 Å². The molecule has 2 aromatic heterocycles. The molecule has 2 unspecified atom stereocenters. The summed E-state index contributed by atoms with van der Waals surface area (Å²) < 4.78 is 5.33. The van der Waals surface area contributed by atoms with Crippen LogP contribution in [0.5, 0.6) is 0 Å². The first-order valence-corrected chi connectivity index (χ1v) is 21.3. The first kappa shape index (κ1) is 31.3. The van der Waals surface area contributed by atoms with Gasteiger partial charge in [0.15, 0.2) is 0 Å². The molecule has 14 rings (SSSR count). The van der Waals surface area contributed by atoms with Crippen molar-refractivity contribution in [2.75, 3.05) is 0 Å². The van der Waals surface area contributed by atoms with Gasteiger partial charge < -0.3 is 0 Å². The van der Waals surface area contributed by atoms with Crippen LogP contribution in [0.4, 0.5) is 5.69 Å². The molecule has 3 heteroatoms. The Hall–Kier alpha value is -6.81. The van der Waals surface area contributed by atoms with Gasteiger partial charge in [0.05, 0.1) is 22.1 Å². The number of hydrogen-bond acceptors (Lipinski definition) is 2. The number of hydrogen-bond donors (Lipinski definition) is 0. The molecule has 0 amide bonds. The highest BCUT2D eigenvalue weighted by molar-refractivity contribution is 7.25. The molecule has 270 valence electrons. The summed E-state index contributed by atoms with van der Waals surface area (Å²) in [6.45, 7) is 0. The molecule has 12 aromatic rings. The third-order valence-electron chi connectivity index (χ3n) is 13.8. The van der Waals surface area contributed by atoms with Crippen LogP contribution in [-0.2, 0) is 11.8 Å².